The molecule has 0 radical (unpaired) electrons. The first-order chi connectivity index (χ1) is 8.93. The Morgan fingerprint density at radius 2 is 2.16 bits per heavy atom. The first kappa shape index (κ1) is 14.0. The molecular weight excluding hydrogens is 238 g/mol. The highest BCUT2D eigenvalue weighted by Crippen LogP contribution is 2.28. The molecule has 4 heteroatoms. The summed E-state index contributed by atoms with van der Waals surface area (Å²) in [7, 11) is 1.83. The van der Waals surface area contributed by atoms with Crippen LogP contribution < -0.4 is 16.0 Å². The first-order valence-corrected chi connectivity index (χ1v) is 6.72. The average Bonchev–Trinajstić information content (AvgIpc) is 2.65. The van der Waals surface area contributed by atoms with Gasteiger partial charge in [-0.05, 0) is 29.2 Å². The average molecular weight is 261 g/mol. The van der Waals surface area contributed by atoms with Crippen LogP contribution in [0.2, 0.25) is 0 Å². The molecule has 0 aromatic heterocycles. The van der Waals surface area contributed by atoms with E-state index in [2.05, 4.69) is 31.3 Å². The number of anilines is 1. The summed E-state index contributed by atoms with van der Waals surface area (Å²) in [6, 6.07) is 6.24. The first-order valence-electron chi connectivity index (χ1n) is 6.72. The number of benzene rings is 1. The monoisotopic (exact) mass is 261 g/mol. The molecule has 0 spiro atoms. The van der Waals surface area contributed by atoms with Crippen LogP contribution in [0, 0.1) is 5.41 Å². The molecule has 1 aliphatic rings. The number of fused-ring (bicyclic) bond motifs is 1. The molecule has 1 amide bonds. The Hall–Kier alpha value is -1.39. The zero-order valence-corrected chi connectivity index (χ0v) is 12.0. The van der Waals surface area contributed by atoms with Gasteiger partial charge in [-0.3, -0.25) is 4.79 Å². The Labute approximate surface area is 115 Å². The van der Waals surface area contributed by atoms with Gasteiger partial charge in [-0.25, -0.2) is 0 Å². The van der Waals surface area contributed by atoms with Crippen molar-refractivity contribution in [3.05, 3.63) is 29.3 Å². The van der Waals surface area contributed by atoms with Crippen LogP contribution in [0.5, 0.6) is 0 Å². The van der Waals surface area contributed by atoms with Crippen molar-refractivity contribution in [1.82, 2.24) is 5.32 Å². The van der Waals surface area contributed by atoms with Crippen molar-refractivity contribution in [3.63, 3.8) is 0 Å². The zero-order valence-electron chi connectivity index (χ0n) is 12.0. The second kappa shape index (κ2) is 5.31. The largest absolute Gasteiger partial charge is 0.330 e. The second-order valence-corrected chi connectivity index (χ2v) is 6.06. The zero-order chi connectivity index (χ0) is 14.0. The van der Waals surface area contributed by atoms with Crippen LogP contribution >= 0.6 is 0 Å². The maximum Gasteiger partial charge on any atom is 0.231 e. The minimum Gasteiger partial charge on any atom is -0.330 e. The lowest BCUT2D eigenvalue weighted by molar-refractivity contribution is -0.117. The van der Waals surface area contributed by atoms with Crippen LogP contribution in [0.25, 0.3) is 0 Å². The fourth-order valence-corrected chi connectivity index (χ4v) is 2.25. The number of carbonyl (C=O) groups is 1. The van der Waals surface area contributed by atoms with E-state index >= 15 is 0 Å². The number of likely N-dealkylation sites (N-methyl/N-ethyl adjacent to an activating group) is 1. The van der Waals surface area contributed by atoms with E-state index in [-0.39, 0.29) is 11.3 Å². The molecule has 19 heavy (non-hydrogen) atoms. The topological polar surface area (TPSA) is 58.4 Å². The van der Waals surface area contributed by atoms with Gasteiger partial charge in [0.2, 0.25) is 5.91 Å². The molecule has 2 rings (SSSR count). The summed E-state index contributed by atoms with van der Waals surface area (Å²) in [6.45, 7) is 6.67. The van der Waals surface area contributed by atoms with Crippen molar-refractivity contribution in [2.24, 2.45) is 11.1 Å². The lowest BCUT2D eigenvalue weighted by Gasteiger charge is -2.22. The Balaban J connectivity index is 1.97. The van der Waals surface area contributed by atoms with E-state index in [0.29, 0.717) is 13.0 Å². The summed E-state index contributed by atoms with van der Waals surface area (Å²) in [5.74, 6) is 0.171. The Kier molecular flexibility index (Phi) is 3.92. The van der Waals surface area contributed by atoms with Gasteiger partial charge in [0.25, 0.3) is 0 Å². The van der Waals surface area contributed by atoms with Crippen LogP contribution in [0.1, 0.15) is 25.0 Å². The van der Waals surface area contributed by atoms with E-state index in [0.717, 1.165) is 24.3 Å². The van der Waals surface area contributed by atoms with Crippen molar-refractivity contribution in [3.8, 4) is 0 Å². The molecular formula is C15H23N3O. The van der Waals surface area contributed by atoms with Gasteiger partial charge in [0.1, 0.15) is 0 Å². The number of hydrogen-bond acceptors (Lipinski definition) is 3. The summed E-state index contributed by atoms with van der Waals surface area (Å²) in [6.07, 6.45) is 0.522. The number of nitrogens with zero attached hydrogens (tertiary/aromatic N) is 1. The molecule has 0 aliphatic carbocycles. The van der Waals surface area contributed by atoms with Gasteiger partial charge in [-0.15, -0.1) is 0 Å². The number of hydrogen-bond donors (Lipinski definition) is 2. The van der Waals surface area contributed by atoms with Gasteiger partial charge in [0, 0.05) is 25.8 Å². The summed E-state index contributed by atoms with van der Waals surface area (Å²) in [5, 5.41) is 3.43. The molecule has 1 heterocycles. The highest BCUT2D eigenvalue weighted by Gasteiger charge is 2.23. The predicted octanol–water partition coefficient (Wildman–Crippen LogP) is 1.28. The summed E-state index contributed by atoms with van der Waals surface area (Å²) >= 11 is 0. The predicted molar refractivity (Wildman–Crippen MR) is 78.1 cm³/mol. The SMILES string of the molecule is CN1C(=O)Cc2cc(CNCC(C)(C)CN)ccc21. The van der Waals surface area contributed by atoms with Gasteiger partial charge in [-0.1, -0.05) is 26.0 Å². The Morgan fingerprint density at radius 1 is 1.42 bits per heavy atom. The lowest BCUT2D eigenvalue weighted by atomic mass is 9.94. The van der Waals surface area contributed by atoms with Crippen molar-refractivity contribution in [2.75, 3.05) is 25.0 Å². The van der Waals surface area contributed by atoms with Gasteiger partial charge in [0.15, 0.2) is 0 Å². The van der Waals surface area contributed by atoms with Crippen molar-refractivity contribution < 1.29 is 4.79 Å². The van der Waals surface area contributed by atoms with Crippen LogP contribution in [0.3, 0.4) is 0 Å². The smallest absolute Gasteiger partial charge is 0.231 e. The van der Waals surface area contributed by atoms with Gasteiger partial charge in [0.05, 0.1) is 6.42 Å². The molecule has 0 bridgehead atoms. The Bertz CT molecular complexity index is 482. The standard InChI is InChI=1S/C15H23N3O/c1-15(2,9-16)10-17-8-11-4-5-13-12(6-11)7-14(19)18(13)3/h4-6,17H,7-10,16H2,1-3H3. The number of amides is 1. The van der Waals surface area contributed by atoms with E-state index in [1.54, 1.807) is 4.90 Å². The third kappa shape index (κ3) is 3.14. The van der Waals surface area contributed by atoms with Crippen molar-refractivity contribution >= 4 is 11.6 Å². The van der Waals surface area contributed by atoms with E-state index < -0.39 is 0 Å². The lowest BCUT2D eigenvalue weighted by Crippen LogP contribution is -2.35. The number of nitrogens with one attached hydrogen (secondary N) is 1. The summed E-state index contributed by atoms with van der Waals surface area (Å²) in [4.78, 5) is 13.3. The maximum absolute atomic E-state index is 11.6. The molecule has 0 saturated carbocycles. The highest BCUT2D eigenvalue weighted by molar-refractivity contribution is 6.00. The molecule has 0 fully saturated rings. The number of carbonyl (C=O) groups excluding carboxylic acids is 1. The van der Waals surface area contributed by atoms with Crippen LogP contribution in [-0.2, 0) is 17.8 Å². The quantitative estimate of drug-likeness (QED) is 0.839. The van der Waals surface area contributed by atoms with Crippen LogP contribution in [0.4, 0.5) is 5.69 Å². The van der Waals surface area contributed by atoms with Gasteiger partial charge in [-0.2, -0.15) is 0 Å². The highest BCUT2D eigenvalue weighted by atomic mass is 16.2. The molecule has 1 aromatic carbocycles. The van der Waals surface area contributed by atoms with Crippen molar-refractivity contribution in [2.45, 2.75) is 26.8 Å². The third-order valence-corrected chi connectivity index (χ3v) is 3.71. The summed E-state index contributed by atoms with van der Waals surface area (Å²) in [5.41, 5.74) is 9.21. The van der Waals surface area contributed by atoms with E-state index in [4.69, 9.17) is 5.73 Å². The van der Waals surface area contributed by atoms with E-state index in [1.165, 1.54) is 5.56 Å². The van der Waals surface area contributed by atoms with E-state index in [1.807, 2.05) is 13.1 Å². The molecule has 1 aliphatic heterocycles. The second-order valence-electron chi connectivity index (χ2n) is 6.06. The van der Waals surface area contributed by atoms with E-state index in [9.17, 15) is 4.79 Å². The molecule has 0 saturated heterocycles. The number of nitrogens with two attached hydrogens (primary N) is 1. The summed E-state index contributed by atoms with van der Waals surface area (Å²) < 4.78 is 0. The minimum absolute atomic E-state index is 0.118. The molecule has 0 atom stereocenters. The molecule has 0 unspecified atom stereocenters. The fourth-order valence-electron chi connectivity index (χ4n) is 2.25. The van der Waals surface area contributed by atoms with Gasteiger partial charge < -0.3 is 16.0 Å². The van der Waals surface area contributed by atoms with Crippen LogP contribution in [-0.4, -0.2) is 26.0 Å². The molecule has 1 aromatic rings. The van der Waals surface area contributed by atoms with Gasteiger partial charge >= 0.3 is 0 Å². The maximum atomic E-state index is 11.6. The Morgan fingerprint density at radius 3 is 2.84 bits per heavy atom. The van der Waals surface area contributed by atoms with Crippen molar-refractivity contribution in [1.29, 1.82) is 0 Å². The number of rotatable bonds is 5. The van der Waals surface area contributed by atoms with Crippen LogP contribution in [0.15, 0.2) is 18.2 Å². The third-order valence-electron chi connectivity index (χ3n) is 3.71. The molecule has 3 N–H and O–H groups in total. The minimum atomic E-state index is 0.118. The fraction of sp³-hybridized carbons (Fsp3) is 0.533. The normalized spacial score (nSPS) is 14.9. The molecule has 4 nitrogen and oxygen atoms in total. The molecule has 104 valence electrons.